The number of nitrogens with one attached hydrogen (secondary N) is 3. The molecule has 8 nitrogen and oxygen atoms in total. The maximum atomic E-state index is 12.7. The topological polar surface area (TPSA) is 114 Å². The van der Waals surface area contributed by atoms with E-state index in [4.69, 9.17) is 0 Å². The molecule has 2 saturated heterocycles. The number of hydrogen-bond donors (Lipinski definition) is 3. The quantitative estimate of drug-likeness (QED) is 0.649. The second-order valence-corrected chi connectivity index (χ2v) is 11.2. The normalized spacial score (nSPS) is 31.9. The van der Waals surface area contributed by atoms with Crippen molar-refractivity contribution in [1.82, 2.24) is 15.8 Å². The van der Waals surface area contributed by atoms with Crippen LogP contribution in [0.25, 0.3) is 0 Å². The molecule has 0 bridgehead atoms. The second kappa shape index (κ2) is 8.17. The monoisotopic (exact) mass is 431 g/mol. The predicted molar refractivity (Wildman–Crippen MR) is 113 cm³/mol. The summed E-state index contributed by atoms with van der Waals surface area (Å²) in [6, 6.07) is 9.26. The Kier molecular flexibility index (Phi) is 5.75. The zero-order chi connectivity index (χ0) is 21.5. The number of benzene rings is 1. The number of piperidine rings is 1. The van der Waals surface area contributed by atoms with Crippen LogP contribution in [0.2, 0.25) is 0 Å². The van der Waals surface area contributed by atoms with E-state index < -0.39 is 15.1 Å². The lowest BCUT2D eigenvalue weighted by Gasteiger charge is -2.35. The van der Waals surface area contributed by atoms with Crippen molar-refractivity contribution in [2.45, 2.75) is 67.9 Å². The molecule has 5 atom stereocenters. The minimum absolute atomic E-state index is 0.00394. The van der Waals surface area contributed by atoms with Crippen molar-refractivity contribution in [3.63, 3.8) is 0 Å². The lowest BCUT2D eigenvalue weighted by Crippen LogP contribution is -2.52. The Hall–Kier alpha value is -2.15. The summed E-state index contributed by atoms with van der Waals surface area (Å²) in [5.41, 5.74) is 4.22. The Morgan fingerprint density at radius 1 is 1.17 bits per heavy atom. The van der Waals surface area contributed by atoms with E-state index >= 15 is 0 Å². The first-order valence-corrected chi connectivity index (χ1v) is 12.2. The number of fused-ring (bicyclic) bond motifs is 1. The fourth-order valence-electron chi connectivity index (χ4n) is 4.92. The van der Waals surface area contributed by atoms with E-state index in [0.29, 0.717) is 11.4 Å². The van der Waals surface area contributed by atoms with E-state index in [-0.39, 0.29) is 36.0 Å². The maximum absolute atomic E-state index is 12.7. The van der Waals surface area contributed by atoms with E-state index in [1.807, 2.05) is 0 Å². The predicted octanol–water partition coefficient (Wildman–Crippen LogP) is 1.62. The number of nitriles is 1. The minimum Gasteiger partial charge on any atom is -0.368 e. The van der Waals surface area contributed by atoms with Gasteiger partial charge >= 0.3 is 0 Å². The summed E-state index contributed by atoms with van der Waals surface area (Å²) < 4.78 is 24.7. The number of sulfone groups is 1. The third-order valence-corrected chi connectivity index (χ3v) is 8.76. The Labute approximate surface area is 177 Å². The third-order valence-electron chi connectivity index (χ3n) is 6.59. The Bertz CT molecular complexity index is 940. The summed E-state index contributed by atoms with van der Waals surface area (Å²) in [5.74, 6) is -0.301. The van der Waals surface area contributed by atoms with E-state index in [1.165, 1.54) is 0 Å². The molecule has 1 amide bonds. The van der Waals surface area contributed by atoms with Crippen LogP contribution in [0.4, 0.5) is 5.69 Å². The number of hydrogen-bond acceptors (Lipinski definition) is 7. The number of nitrogens with zero attached hydrogens (tertiary/aromatic N) is 2. The first kappa shape index (κ1) is 21.1. The van der Waals surface area contributed by atoms with Crippen LogP contribution in [0.1, 0.15) is 39.5 Å². The van der Waals surface area contributed by atoms with Gasteiger partial charge in [0, 0.05) is 24.3 Å². The minimum atomic E-state index is -3.32. The van der Waals surface area contributed by atoms with Crippen LogP contribution in [0.5, 0.6) is 0 Å². The van der Waals surface area contributed by atoms with Gasteiger partial charge in [-0.3, -0.25) is 4.79 Å². The lowest BCUT2D eigenvalue weighted by atomic mass is 9.90. The van der Waals surface area contributed by atoms with Gasteiger partial charge in [0.05, 0.1) is 28.1 Å². The Morgan fingerprint density at radius 2 is 1.90 bits per heavy atom. The van der Waals surface area contributed by atoms with Crippen LogP contribution < -0.4 is 16.1 Å². The van der Waals surface area contributed by atoms with Crippen LogP contribution in [-0.2, 0) is 14.6 Å². The zero-order valence-electron chi connectivity index (χ0n) is 17.3. The van der Waals surface area contributed by atoms with Crippen molar-refractivity contribution in [2.24, 2.45) is 11.8 Å². The smallest absolute Gasteiger partial charge is 0.228 e. The average Bonchev–Trinajstić information content (AvgIpc) is 3.33. The van der Waals surface area contributed by atoms with Crippen molar-refractivity contribution in [1.29, 1.82) is 5.26 Å². The molecule has 1 aliphatic carbocycles. The molecule has 3 fully saturated rings. The highest BCUT2D eigenvalue weighted by Crippen LogP contribution is 2.37. The van der Waals surface area contributed by atoms with Gasteiger partial charge in [-0.15, -0.1) is 0 Å². The molecule has 2 aliphatic heterocycles. The fourth-order valence-corrected chi connectivity index (χ4v) is 5.98. The van der Waals surface area contributed by atoms with Gasteiger partial charge in [-0.05, 0) is 57.4 Å². The van der Waals surface area contributed by atoms with Crippen LogP contribution in [0.15, 0.2) is 29.2 Å². The fraction of sp³-hybridized carbons (Fsp3) is 0.619. The molecule has 9 heteroatoms. The lowest BCUT2D eigenvalue weighted by molar-refractivity contribution is -0.128. The molecule has 0 radical (unpaired) electrons. The molecular weight excluding hydrogens is 402 g/mol. The molecule has 1 saturated carbocycles. The van der Waals surface area contributed by atoms with Gasteiger partial charge in [0.15, 0.2) is 9.84 Å². The first-order chi connectivity index (χ1) is 14.3. The van der Waals surface area contributed by atoms with Crippen molar-refractivity contribution >= 4 is 21.4 Å². The molecule has 2 heterocycles. The highest BCUT2D eigenvalue weighted by molar-refractivity contribution is 7.92. The van der Waals surface area contributed by atoms with Crippen molar-refractivity contribution in [2.75, 3.05) is 11.9 Å². The van der Waals surface area contributed by atoms with E-state index in [0.717, 1.165) is 31.4 Å². The summed E-state index contributed by atoms with van der Waals surface area (Å²) in [5, 5.41) is 17.5. The van der Waals surface area contributed by atoms with Crippen LogP contribution in [0, 0.1) is 23.2 Å². The highest BCUT2D eigenvalue weighted by Gasteiger charge is 2.51. The Balaban J connectivity index is 1.55. The van der Waals surface area contributed by atoms with E-state index in [9.17, 15) is 18.5 Å². The molecule has 3 aliphatic rings. The van der Waals surface area contributed by atoms with Crippen molar-refractivity contribution in [3.8, 4) is 6.07 Å². The summed E-state index contributed by atoms with van der Waals surface area (Å²) in [4.78, 5) is 13.0. The number of amides is 1. The van der Waals surface area contributed by atoms with Gasteiger partial charge in [0.1, 0.15) is 6.17 Å². The Morgan fingerprint density at radius 3 is 2.57 bits per heavy atom. The number of carbonyl (C=O) groups excluding carboxylic acids is 1. The molecule has 3 N–H and O–H groups in total. The molecule has 162 valence electrons. The first-order valence-electron chi connectivity index (χ1n) is 10.6. The zero-order valence-corrected chi connectivity index (χ0v) is 18.2. The third kappa shape index (κ3) is 3.68. The molecular formula is C21H29N5O3S. The van der Waals surface area contributed by atoms with Gasteiger partial charge in [0.2, 0.25) is 5.91 Å². The summed E-state index contributed by atoms with van der Waals surface area (Å²) in [6.45, 7) is 3.96. The summed E-state index contributed by atoms with van der Waals surface area (Å²) in [7, 11) is -3.32. The molecule has 1 aromatic carbocycles. The number of hydrazine groups is 1. The van der Waals surface area contributed by atoms with Crippen molar-refractivity contribution in [3.05, 3.63) is 24.3 Å². The second-order valence-electron chi connectivity index (χ2n) is 8.68. The average molecular weight is 432 g/mol. The van der Waals surface area contributed by atoms with Crippen LogP contribution >= 0.6 is 0 Å². The highest BCUT2D eigenvalue weighted by atomic mass is 32.2. The molecule has 0 spiro atoms. The number of carbonyl (C=O) groups is 1. The van der Waals surface area contributed by atoms with E-state index in [2.05, 4.69) is 27.1 Å². The summed E-state index contributed by atoms with van der Waals surface area (Å²) >= 11 is 0. The molecule has 4 rings (SSSR count). The molecule has 0 aromatic heterocycles. The standard InChI is InChI=1S/C21H29N5O3S/c1-13(2)30(28,29)16-8-6-15(7-9-16)24-20-19-18(10-11-23-21(19)27)26(25-20)17-5-3-4-14(17)12-22/h6-9,13-14,17-20,24-25H,3-5,10-11H2,1-2H3,(H,23,27)/t14-,17?,18?,19?,20?/m1/s1. The maximum Gasteiger partial charge on any atom is 0.228 e. The molecule has 1 aromatic rings. The van der Waals surface area contributed by atoms with Gasteiger partial charge in [-0.2, -0.15) is 5.26 Å². The molecule has 4 unspecified atom stereocenters. The van der Waals surface area contributed by atoms with Gasteiger partial charge in [0.25, 0.3) is 0 Å². The van der Waals surface area contributed by atoms with Gasteiger partial charge in [-0.25, -0.2) is 18.9 Å². The van der Waals surface area contributed by atoms with Gasteiger partial charge in [-0.1, -0.05) is 6.42 Å². The van der Waals surface area contributed by atoms with Crippen molar-refractivity contribution < 1.29 is 13.2 Å². The number of rotatable bonds is 5. The summed E-state index contributed by atoms with van der Waals surface area (Å²) in [6.07, 6.45) is 3.39. The number of anilines is 1. The van der Waals surface area contributed by atoms with Gasteiger partial charge < -0.3 is 10.6 Å². The SMILES string of the molecule is CC(C)S(=O)(=O)c1ccc(NC2NN(C3CCC[C@@H]3C#N)C3CCNC(=O)C23)cc1. The largest absolute Gasteiger partial charge is 0.368 e. The van der Waals surface area contributed by atoms with Crippen LogP contribution in [-0.4, -0.2) is 49.4 Å². The van der Waals surface area contributed by atoms with Crippen LogP contribution in [0.3, 0.4) is 0 Å². The van der Waals surface area contributed by atoms with E-state index in [1.54, 1.807) is 38.1 Å². The molecule has 30 heavy (non-hydrogen) atoms.